The normalized spacial score (nSPS) is 15.2. The lowest BCUT2D eigenvalue weighted by molar-refractivity contribution is -0.120. The molecule has 1 atom stereocenters. The summed E-state index contributed by atoms with van der Waals surface area (Å²) in [7, 11) is 1.62. The Kier molecular flexibility index (Phi) is 9.43. The van der Waals surface area contributed by atoms with Crippen LogP contribution in [-0.4, -0.2) is 42.3 Å². The Balaban J connectivity index is 1.59. The maximum absolute atomic E-state index is 13.8. The van der Waals surface area contributed by atoms with E-state index in [2.05, 4.69) is 5.32 Å². The van der Waals surface area contributed by atoms with E-state index in [4.69, 9.17) is 21.1 Å². The quantitative estimate of drug-likeness (QED) is 0.299. The first kappa shape index (κ1) is 29.5. The van der Waals surface area contributed by atoms with Gasteiger partial charge in [-0.25, -0.2) is 4.79 Å². The van der Waals surface area contributed by atoms with Gasteiger partial charge in [0.15, 0.2) is 5.78 Å². The number of carbonyl (C=O) groups is 3. The van der Waals surface area contributed by atoms with Crippen molar-refractivity contribution in [1.82, 2.24) is 5.32 Å². The third-order valence-electron chi connectivity index (χ3n) is 6.29. The summed E-state index contributed by atoms with van der Waals surface area (Å²) in [5, 5.41) is 3.33. The van der Waals surface area contributed by atoms with Gasteiger partial charge in [-0.15, -0.1) is 11.8 Å². The number of alkyl carbamates (subject to hydrolysis) is 1. The average molecular weight is 581 g/mol. The Morgan fingerprint density at radius 3 is 2.35 bits per heavy atom. The number of carbonyl (C=O) groups excluding carboxylic acids is 3. The second kappa shape index (κ2) is 12.8. The molecule has 0 aromatic heterocycles. The zero-order chi connectivity index (χ0) is 28.9. The van der Waals surface area contributed by atoms with Crippen LogP contribution in [0.25, 0.3) is 0 Å². The van der Waals surface area contributed by atoms with E-state index < -0.39 is 17.7 Å². The highest BCUT2D eigenvalue weighted by Crippen LogP contribution is 2.36. The third-order valence-corrected chi connectivity index (χ3v) is 7.69. The van der Waals surface area contributed by atoms with Crippen molar-refractivity contribution in [3.63, 3.8) is 0 Å². The summed E-state index contributed by atoms with van der Waals surface area (Å²) in [6, 6.07) is 19.5. The summed E-state index contributed by atoms with van der Waals surface area (Å²) >= 11 is 7.53. The Labute approximate surface area is 244 Å². The summed E-state index contributed by atoms with van der Waals surface area (Å²) in [6.07, 6.45) is 0.258. The number of rotatable bonds is 8. The molecule has 0 aliphatic carbocycles. The number of nitrogens with zero attached hydrogens (tertiary/aromatic N) is 1. The first-order valence-electron chi connectivity index (χ1n) is 13.0. The minimum absolute atomic E-state index is 0.0183. The first-order chi connectivity index (χ1) is 19.0. The molecule has 1 N–H and O–H groups in total. The fourth-order valence-electron chi connectivity index (χ4n) is 4.26. The molecule has 0 saturated heterocycles. The van der Waals surface area contributed by atoms with E-state index in [1.165, 1.54) is 11.8 Å². The maximum Gasteiger partial charge on any atom is 0.408 e. The number of hydrogen-bond donors (Lipinski definition) is 1. The van der Waals surface area contributed by atoms with Gasteiger partial charge >= 0.3 is 6.09 Å². The van der Waals surface area contributed by atoms with Gasteiger partial charge in [0, 0.05) is 27.7 Å². The fraction of sp³-hybridized carbons (Fsp3) is 0.323. The van der Waals surface area contributed by atoms with Crippen LogP contribution in [0.2, 0.25) is 5.02 Å². The molecule has 0 saturated carbocycles. The number of nitrogens with one attached hydrogen (secondary N) is 1. The minimum Gasteiger partial charge on any atom is -0.497 e. The van der Waals surface area contributed by atoms with Crippen LogP contribution < -0.4 is 15.0 Å². The molecule has 1 aliphatic rings. The number of amides is 2. The third kappa shape index (κ3) is 7.79. The lowest BCUT2D eigenvalue weighted by Gasteiger charge is -2.27. The molecule has 3 aromatic rings. The molecule has 1 heterocycles. The zero-order valence-electron chi connectivity index (χ0n) is 23.0. The van der Waals surface area contributed by atoms with E-state index >= 15 is 0 Å². The fourth-order valence-corrected chi connectivity index (χ4v) is 5.44. The van der Waals surface area contributed by atoms with Crippen LogP contribution in [0.5, 0.6) is 5.75 Å². The van der Waals surface area contributed by atoms with Gasteiger partial charge in [-0.1, -0.05) is 41.9 Å². The number of benzene rings is 3. The molecule has 0 spiro atoms. The van der Waals surface area contributed by atoms with Gasteiger partial charge in [0.05, 0.1) is 19.3 Å². The van der Waals surface area contributed by atoms with E-state index in [-0.39, 0.29) is 18.2 Å². The van der Waals surface area contributed by atoms with Crippen LogP contribution in [0.4, 0.5) is 10.5 Å². The van der Waals surface area contributed by atoms with Crippen molar-refractivity contribution in [3.8, 4) is 5.75 Å². The highest BCUT2D eigenvalue weighted by molar-refractivity contribution is 7.99. The highest BCUT2D eigenvalue weighted by atomic mass is 35.5. The van der Waals surface area contributed by atoms with Gasteiger partial charge in [0.1, 0.15) is 17.4 Å². The molecule has 2 amide bonds. The van der Waals surface area contributed by atoms with Crippen molar-refractivity contribution < 1.29 is 23.9 Å². The lowest BCUT2D eigenvalue weighted by Crippen LogP contribution is -2.50. The predicted molar refractivity (Wildman–Crippen MR) is 159 cm³/mol. The largest absolute Gasteiger partial charge is 0.497 e. The van der Waals surface area contributed by atoms with Crippen LogP contribution in [0, 0.1) is 0 Å². The number of ether oxygens (including phenoxy) is 2. The van der Waals surface area contributed by atoms with Crippen LogP contribution in [0.1, 0.15) is 48.7 Å². The number of halogens is 1. The molecule has 1 aliphatic heterocycles. The SMILES string of the molecule is COc1ccc(CCC(=O)c2ccc3c(c2)N(Cc2ccc(Cl)cc2)C(=O)[C@@H](NC(=O)OC(C)(C)C)CS3)cc1. The summed E-state index contributed by atoms with van der Waals surface area (Å²) < 4.78 is 10.6. The highest BCUT2D eigenvalue weighted by Gasteiger charge is 2.33. The molecule has 7 nitrogen and oxygen atoms in total. The van der Waals surface area contributed by atoms with E-state index in [1.54, 1.807) is 57.0 Å². The zero-order valence-corrected chi connectivity index (χ0v) is 24.6. The van der Waals surface area contributed by atoms with Gasteiger partial charge in [-0.3, -0.25) is 9.59 Å². The average Bonchev–Trinajstić information content (AvgIpc) is 3.04. The van der Waals surface area contributed by atoms with Crippen molar-refractivity contribution in [2.45, 2.75) is 56.7 Å². The van der Waals surface area contributed by atoms with Crippen molar-refractivity contribution in [3.05, 3.63) is 88.4 Å². The molecule has 0 fully saturated rings. The molecule has 0 bridgehead atoms. The van der Waals surface area contributed by atoms with Crippen molar-refractivity contribution >= 4 is 46.8 Å². The van der Waals surface area contributed by atoms with Crippen LogP contribution in [0.15, 0.2) is 71.6 Å². The standard InChI is InChI=1S/C31H33ClN2O5S/c1-31(2,3)39-30(37)33-25-19-40-28-16-10-22(27(35)15-9-20-7-13-24(38-4)14-8-20)17-26(28)34(29(25)36)18-21-5-11-23(32)12-6-21/h5-8,10-14,16-17,25H,9,15,18-19H2,1-4H3,(H,33,37)/t25-/m0/s1. The number of aryl methyl sites for hydroxylation is 1. The Hall–Kier alpha value is -3.49. The van der Waals surface area contributed by atoms with E-state index in [1.807, 2.05) is 42.5 Å². The van der Waals surface area contributed by atoms with Gasteiger partial charge in [0.25, 0.3) is 5.91 Å². The number of fused-ring (bicyclic) bond motifs is 1. The molecule has 0 unspecified atom stereocenters. The Morgan fingerprint density at radius 2 is 1.70 bits per heavy atom. The van der Waals surface area contributed by atoms with E-state index in [0.717, 1.165) is 21.8 Å². The molecule has 0 radical (unpaired) electrons. The monoisotopic (exact) mass is 580 g/mol. The van der Waals surface area contributed by atoms with Crippen LogP contribution >= 0.6 is 23.4 Å². The summed E-state index contributed by atoms with van der Waals surface area (Å²) in [6.45, 7) is 5.56. The predicted octanol–water partition coefficient (Wildman–Crippen LogP) is 6.70. The molecular weight excluding hydrogens is 548 g/mol. The Morgan fingerprint density at radius 1 is 1.02 bits per heavy atom. The first-order valence-corrected chi connectivity index (χ1v) is 14.4. The summed E-state index contributed by atoms with van der Waals surface area (Å²) in [5.74, 6) is 0.792. The van der Waals surface area contributed by atoms with Crippen LogP contribution in [0.3, 0.4) is 0 Å². The maximum atomic E-state index is 13.8. The number of thioether (sulfide) groups is 1. The number of ketones is 1. The molecule has 3 aromatic carbocycles. The number of Topliss-reactive ketones (excluding diaryl/α,β-unsaturated/α-hetero) is 1. The number of hydrogen-bond acceptors (Lipinski definition) is 6. The summed E-state index contributed by atoms with van der Waals surface area (Å²) in [5.41, 5.74) is 2.37. The second-order valence-corrected chi connectivity index (χ2v) is 12.0. The van der Waals surface area contributed by atoms with E-state index in [0.29, 0.717) is 34.9 Å². The van der Waals surface area contributed by atoms with Gasteiger partial charge in [-0.05, 0) is 74.7 Å². The molecule has 40 heavy (non-hydrogen) atoms. The smallest absolute Gasteiger partial charge is 0.408 e. The molecule has 9 heteroatoms. The van der Waals surface area contributed by atoms with Crippen LogP contribution in [-0.2, 0) is 22.5 Å². The minimum atomic E-state index is -0.811. The second-order valence-electron chi connectivity index (χ2n) is 10.5. The van der Waals surface area contributed by atoms with Gasteiger partial charge in [0.2, 0.25) is 0 Å². The number of anilines is 1. The topological polar surface area (TPSA) is 84.9 Å². The molecule has 210 valence electrons. The number of methoxy groups -OCH3 is 1. The Bertz CT molecular complexity index is 1370. The van der Waals surface area contributed by atoms with E-state index in [9.17, 15) is 14.4 Å². The van der Waals surface area contributed by atoms with Crippen molar-refractivity contribution in [2.75, 3.05) is 17.8 Å². The van der Waals surface area contributed by atoms with Gasteiger partial charge < -0.3 is 19.7 Å². The van der Waals surface area contributed by atoms with Gasteiger partial charge in [-0.2, -0.15) is 0 Å². The van der Waals surface area contributed by atoms with Crippen molar-refractivity contribution in [1.29, 1.82) is 0 Å². The van der Waals surface area contributed by atoms with Crippen molar-refractivity contribution in [2.24, 2.45) is 0 Å². The summed E-state index contributed by atoms with van der Waals surface area (Å²) in [4.78, 5) is 42.1. The molecule has 4 rings (SSSR count). The lowest BCUT2D eigenvalue weighted by atomic mass is 10.0. The molecular formula is C31H33ClN2O5S.